The van der Waals surface area contributed by atoms with Crippen LogP contribution in [0.4, 0.5) is 0 Å². The SMILES string of the molecule is Brc1ncsc1-c1scnc1Br. The molecule has 0 amide bonds. The summed E-state index contributed by atoms with van der Waals surface area (Å²) in [6.07, 6.45) is 0. The molecule has 2 rings (SSSR count). The molecule has 6 heteroatoms. The van der Waals surface area contributed by atoms with Crippen LogP contribution in [0.2, 0.25) is 0 Å². The van der Waals surface area contributed by atoms with Crippen LogP contribution in [0.15, 0.2) is 20.2 Å². The zero-order valence-corrected chi connectivity index (χ0v) is 10.4. The second-order valence-corrected chi connectivity index (χ2v) is 5.16. The van der Waals surface area contributed by atoms with Crippen LogP contribution < -0.4 is 0 Å². The van der Waals surface area contributed by atoms with Gasteiger partial charge in [0, 0.05) is 0 Å². The Bertz CT molecular complexity index is 357. The van der Waals surface area contributed by atoms with Crippen LogP contribution in [0.1, 0.15) is 0 Å². The van der Waals surface area contributed by atoms with E-state index < -0.39 is 0 Å². The average molecular weight is 326 g/mol. The highest BCUT2D eigenvalue weighted by molar-refractivity contribution is 9.11. The number of nitrogens with zero attached hydrogens (tertiary/aromatic N) is 2. The minimum atomic E-state index is 0.887. The maximum atomic E-state index is 4.11. The van der Waals surface area contributed by atoms with Crippen LogP contribution in [0.25, 0.3) is 9.75 Å². The summed E-state index contributed by atoms with van der Waals surface area (Å²) in [6.45, 7) is 0. The number of aromatic nitrogens is 2. The van der Waals surface area contributed by atoms with Crippen LogP contribution in [0.3, 0.4) is 0 Å². The summed E-state index contributed by atoms with van der Waals surface area (Å²) in [6, 6.07) is 0. The van der Waals surface area contributed by atoms with E-state index in [1.54, 1.807) is 22.7 Å². The van der Waals surface area contributed by atoms with Gasteiger partial charge >= 0.3 is 0 Å². The molecule has 0 aromatic carbocycles. The van der Waals surface area contributed by atoms with Crippen molar-refractivity contribution in [3.8, 4) is 9.75 Å². The van der Waals surface area contributed by atoms with Gasteiger partial charge in [-0.25, -0.2) is 9.97 Å². The van der Waals surface area contributed by atoms with Gasteiger partial charge in [0.1, 0.15) is 9.21 Å². The van der Waals surface area contributed by atoms with Crippen LogP contribution in [0.5, 0.6) is 0 Å². The number of rotatable bonds is 1. The third kappa shape index (κ3) is 1.48. The van der Waals surface area contributed by atoms with Crippen molar-refractivity contribution in [3.63, 3.8) is 0 Å². The Kier molecular flexibility index (Phi) is 2.59. The molecule has 12 heavy (non-hydrogen) atoms. The molecular formula is C6H2Br2N2S2. The van der Waals surface area contributed by atoms with Crippen molar-refractivity contribution in [1.82, 2.24) is 9.97 Å². The van der Waals surface area contributed by atoms with Gasteiger partial charge in [0.05, 0.1) is 20.8 Å². The van der Waals surface area contributed by atoms with Gasteiger partial charge in [-0.15, -0.1) is 22.7 Å². The van der Waals surface area contributed by atoms with Crippen LogP contribution in [-0.2, 0) is 0 Å². The van der Waals surface area contributed by atoms with Crippen molar-refractivity contribution in [2.75, 3.05) is 0 Å². The van der Waals surface area contributed by atoms with Crippen molar-refractivity contribution < 1.29 is 0 Å². The zero-order valence-electron chi connectivity index (χ0n) is 5.62. The molecule has 0 radical (unpaired) electrons. The van der Waals surface area contributed by atoms with Crippen molar-refractivity contribution in [2.24, 2.45) is 0 Å². The van der Waals surface area contributed by atoms with Crippen molar-refractivity contribution in [1.29, 1.82) is 0 Å². The standard InChI is InChI=1S/C6H2Br2N2S2/c7-5-3(11-1-9-5)4-6(8)10-2-12-4/h1-2H. The Morgan fingerprint density at radius 2 is 1.33 bits per heavy atom. The Labute approximate surface area is 93.9 Å². The lowest BCUT2D eigenvalue weighted by atomic mass is 10.5. The third-order valence-electron chi connectivity index (χ3n) is 1.25. The topological polar surface area (TPSA) is 25.8 Å². The molecule has 0 aliphatic rings. The van der Waals surface area contributed by atoms with Gasteiger partial charge in [-0.3, -0.25) is 0 Å². The molecule has 2 nitrogen and oxygen atoms in total. The molecule has 62 valence electrons. The normalized spacial score (nSPS) is 10.5. The van der Waals surface area contributed by atoms with E-state index in [0.29, 0.717) is 0 Å². The number of hydrogen-bond donors (Lipinski definition) is 0. The molecule has 0 atom stereocenters. The fourth-order valence-electron chi connectivity index (χ4n) is 0.760. The minimum absolute atomic E-state index is 0.887. The second kappa shape index (κ2) is 3.53. The molecular weight excluding hydrogens is 324 g/mol. The van der Waals surface area contributed by atoms with Crippen molar-refractivity contribution in [2.45, 2.75) is 0 Å². The van der Waals surface area contributed by atoms with Crippen LogP contribution in [0, 0.1) is 0 Å². The first-order chi connectivity index (χ1) is 5.79. The summed E-state index contributed by atoms with van der Waals surface area (Å²) in [5.41, 5.74) is 3.62. The van der Waals surface area contributed by atoms with E-state index in [2.05, 4.69) is 41.8 Å². The van der Waals surface area contributed by atoms with Gasteiger partial charge in [0.15, 0.2) is 0 Å². The first-order valence-electron chi connectivity index (χ1n) is 2.97. The fourth-order valence-corrected chi connectivity index (χ4v) is 3.98. The van der Waals surface area contributed by atoms with Crippen molar-refractivity contribution in [3.05, 3.63) is 20.2 Å². The predicted octanol–water partition coefficient (Wildman–Crippen LogP) is 3.79. The molecule has 0 bridgehead atoms. The molecule has 2 aromatic rings. The zero-order chi connectivity index (χ0) is 8.55. The first-order valence-corrected chi connectivity index (χ1v) is 6.32. The lowest BCUT2D eigenvalue weighted by Gasteiger charge is -1.90. The Morgan fingerprint density at radius 1 is 0.917 bits per heavy atom. The molecule has 0 N–H and O–H groups in total. The van der Waals surface area contributed by atoms with E-state index in [-0.39, 0.29) is 0 Å². The summed E-state index contributed by atoms with van der Waals surface area (Å²) < 4.78 is 1.77. The number of hydrogen-bond acceptors (Lipinski definition) is 4. The van der Waals surface area contributed by atoms with E-state index in [1.807, 2.05) is 11.0 Å². The fraction of sp³-hybridized carbons (Fsp3) is 0. The van der Waals surface area contributed by atoms with Gasteiger partial charge < -0.3 is 0 Å². The molecule has 0 fully saturated rings. The monoisotopic (exact) mass is 324 g/mol. The highest BCUT2D eigenvalue weighted by Crippen LogP contribution is 2.38. The second-order valence-electron chi connectivity index (χ2n) is 1.94. The molecule has 0 unspecified atom stereocenters. The van der Waals surface area contributed by atoms with E-state index in [4.69, 9.17) is 0 Å². The first kappa shape index (κ1) is 8.80. The molecule has 0 aliphatic carbocycles. The molecule has 0 aliphatic heterocycles. The van der Waals surface area contributed by atoms with Crippen molar-refractivity contribution >= 4 is 54.5 Å². The maximum absolute atomic E-state index is 4.11. The molecule has 2 aromatic heterocycles. The molecule has 0 spiro atoms. The highest BCUT2D eigenvalue weighted by Gasteiger charge is 2.11. The lowest BCUT2D eigenvalue weighted by Crippen LogP contribution is -1.69. The van der Waals surface area contributed by atoms with E-state index in [9.17, 15) is 0 Å². The summed E-state index contributed by atoms with van der Waals surface area (Å²) in [7, 11) is 0. The largest absolute Gasteiger partial charge is 0.237 e. The summed E-state index contributed by atoms with van der Waals surface area (Å²) >= 11 is 9.97. The van der Waals surface area contributed by atoms with Gasteiger partial charge in [-0.1, -0.05) is 0 Å². The average Bonchev–Trinajstić information content (AvgIpc) is 2.59. The number of thiazole rings is 2. The minimum Gasteiger partial charge on any atom is -0.237 e. The maximum Gasteiger partial charge on any atom is 0.125 e. The van der Waals surface area contributed by atoms with E-state index in [0.717, 1.165) is 19.0 Å². The molecule has 0 saturated carbocycles. The Hall–Kier alpha value is 0.220. The van der Waals surface area contributed by atoms with Gasteiger partial charge in [-0.05, 0) is 31.9 Å². The summed E-state index contributed by atoms with van der Waals surface area (Å²) in [5.74, 6) is 0. The van der Waals surface area contributed by atoms with E-state index in [1.165, 1.54) is 0 Å². The lowest BCUT2D eigenvalue weighted by molar-refractivity contribution is 1.35. The third-order valence-corrected chi connectivity index (χ3v) is 4.80. The predicted molar refractivity (Wildman–Crippen MR) is 58.6 cm³/mol. The Balaban J connectivity index is 2.57. The summed E-state index contributed by atoms with van der Waals surface area (Å²) in [4.78, 5) is 10.5. The number of halogens is 2. The van der Waals surface area contributed by atoms with Gasteiger partial charge in [0.2, 0.25) is 0 Å². The molecule has 2 heterocycles. The molecule has 0 saturated heterocycles. The summed E-state index contributed by atoms with van der Waals surface area (Å²) in [5, 5.41) is 0. The van der Waals surface area contributed by atoms with Crippen LogP contribution >= 0.6 is 54.5 Å². The van der Waals surface area contributed by atoms with E-state index >= 15 is 0 Å². The van der Waals surface area contributed by atoms with Gasteiger partial charge in [0.25, 0.3) is 0 Å². The smallest absolute Gasteiger partial charge is 0.125 e. The highest BCUT2D eigenvalue weighted by atomic mass is 79.9. The van der Waals surface area contributed by atoms with Crippen LogP contribution in [-0.4, -0.2) is 9.97 Å². The van der Waals surface area contributed by atoms with Gasteiger partial charge in [-0.2, -0.15) is 0 Å². The Morgan fingerprint density at radius 3 is 1.58 bits per heavy atom. The quantitative estimate of drug-likeness (QED) is 0.797.